The number of H-pyrrole nitrogens is 1. The van der Waals surface area contributed by atoms with Crippen LogP contribution in [0.15, 0.2) is 36.7 Å². The Labute approximate surface area is 162 Å². The lowest BCUT2D eigenvalue weighted by Crippen LogP contribution is -2.24. The van der Waals surface area contributed by atoms with Gasteiger partial charge in [0.2, 0.25) is 5.91 Å². The zero-order valence-corrected chi connectivity index (χ0v) is 15.9. The number of aryl methyl sites for hydroxylation is 1. The molecule has 28 heavy (non-hydrogen) atoms. The first-order valence-electron chi connectivity index (χ1n) is 9.52. The number of carbonyl (C=O) groups is 1. The van der Waals surface area contributed by atoms with Crippen LogP contribution in [0.3, 0.4) is 0 Å². The SMILES string of the molecule is CNc1nc2[nH]c(-c3ccc(CNC(=O)C4CC4)cc3)cc2c2c1ncn2C. The number of aromatic nitrogens is 4. The molecule has 0 spiro atoms. The predicted octanol–water partition coefficient (Wildman–Crippen LogP) is 3.18. The van der Waals surface area contributed by atoms with Crippen LogP contribution < -0.4 is 10.6 Å². The molecule has 3 aromatic heterocycles. The first-order chi connectivity index (χ1) is 13.6. The highest BCUT2D eigenvalue weighted by Gasteiger charge is 2.29. The number of nitrogens with zero attached hydrogens (tertiary/aromatic N) is 3. The lowest BCUT2D eigenvalue weighted by Gasteiger charge is -2.05. The molecule has 1 aliphatic rings. The van der Waals surface area contributed by atoms with Crippen molar-refractivity contribution in [1.82, 2.24) is 24.8 Å². The smallest absolute Gasteiger partial charge is 0.223 e. The molecule has 1 aromatic carbocycles. The standard InChI is InChI=1S/C21H22N6O/c1-22-20-17-18(27(2)11-24-17)15-9-16(25-19(15)26-20)13-5-3-12(4-6-13)10-23-21(28)14-7-8-14/h3-6,9,11,14H,7-8,10H2,1-2H3,(H,23,28)(H2,22,25,26). The van der Waals surface area contributed by atoms with Gasteiger partial charge in [-0.1, -0.05) is 24.3 Å². The molecule has 142 valence electrons. The number of nitrogens with one attached hydrogen (secondary N) is 3. The minimum Gasteiger partial charge on any atom is -0.371 e. The Hall–Kier alpha value is -3.35. The quantitative estimate of drug-likeness (QED) is 0.501. The van der Waals surface area contributed by atoms with Crippen LogP contribution in [-0.4, -0.2) is 32.5 Å². The maximum Gasteiger partial charge on any atom is 0.223 e. The van der Waals surface area contributed by atoms with Gasteiger partial charge < -0.3 is 20.2 Å². The predicted molar refractivity (Wildman–Crippen MR) is 110 cm³/mol. The van der Waals surface area contributed by atoms with Gasteiger partial charge in [0, 0.05) is 37.6 Å². The van der Waals surface area contributed by atoms with Crippen LogP contribution in [0.1, 0.15) is 18.4 Å². The minimum absolute atomic E-state index is 0.173. The molecular weight excluding hydrogens is 352 g/mol. The number of hydrogen-bond acceptors (Lipinski definition) is 4. The van der Waals surface area contributed by atoms with Gasteiger partial charge in [-0.3, -0.25) is 4.79 Å². The van der Waals surface area contributed by atoms with Gasteiger partial charge >= 0.3 is 0 Å². The number of hydrogen-bond donors (Lipinski definition) is 3. The van der Waals surface area contributed by atoms with Crippen molar-refractivity contribution in [2.24, 2.45) is 13.0 Å². The molecule has 7 nitrogen and oxygen atoms in total. The topological polar surface area (TPSA) is 87.6 Å². The van der Waals surface area contributed by atoms with E-state index in [1.807, 2.05) is 25.0 Å². The van der Waals surface area contributed by atoms with Crippen LogP contribution in [-0.2, 0) is 18.4 Å². The first-order valence-corrected chi connectivity index (χ1v) is 9.52. The van der Waals surface area contributed by atoms with E-state index in [9.17, 15) is 4.79 Å². The van der Waals surface area contributed by atoms with Crippen molar-refractivity contribution in [1.29, 1.82) is 0 Å². The summed E-state index contributed by atoms with van der Waals surface area (Å²) in [6, 6.07) is 10.4. The number of amides is 1. The van der Waals surface area contributed by atoms with Gasteiger partial charge in [-0.2, -0.15) is 0 Å². The Morgan fingerprint density at radius 2 is 2.07 bits per heavy atom. The lowest BCUT2D eigenvalue weighted by molar-refractivity contribution is -0.122. The number of aromatic amines is 1. The normalized spacial score (nSPS) is 13.9. The van der Waals surface area contributed by atoms with Crippen LogP contribution in [0, 0.1) is 5.92 Å². The average Bonchev–Trinajstić information content (AvgIpc) is 3.37. The molecule has 1 saturated carbocycles. The van der Waals surface area contributed by atoms with Gasteiger partial charge in [0.15, 0.2) is 5.82 Å². The van der Waals surface area contributed by atoms with E-state index in [0.717, 1.165) is 57.5 Å². The monoisotopic (exact) mass is 374 g/mol. The summed E-state index contributed by atoms with van der Waals surface area (Å²) in [5.74, 6) is 1.18. The molecule has 5 rings (SSSR count). The summed E-state index contributed by atoms with van der Waals surface area (Å²) in [6.45, 7) is 0.574. The van der Waals surface area contributed by atoms with E-state index in [0.29, 0.717) is 6.54 Å². The Morgan fingerprint density at radius 1 is 1.29 bits per heavy atom. The van der Waals surface area contributed by atoms with Gasteiger partial charge in [0.1, 0.15) is 11.2 Å². The molecule has 0 bridgehead atoms. The number of rotatable bonds is 5. The second-order valence-electron chi connectivity index (χ2n) is 7.40. The average molecular weight is 374 g/mol. The highest BCUT2D eigenvalue weighted by atomic mass is 16.2. The minimum atomic E-state index is 0.173. The molecule has 0 atom stereocenters. The van der Waals surface area contributed by atoms with E-state index < -0.39 is 0 Å². The number of benzene rings is 1. The zero-order chi connectivity index (χ0) is 19.3. The highest BCUT2D eigenvalue weighted by molar-refractivity contribution is 6.07. The van der Waals surface area contributed by atoms with Gasteiger partial charge in [-0.05, 0) is 30.0 Å². The Balaban J connectivity index is 1.46. The highest BCUT2D eigenvalue weighted by Crippen LogP contribution is 2.32. The maximum atomic E-state index is 11.8. The molecule has 1 aliphatic carbocycles. The molecule has 4 aromatic rings. The summed E-state index contributed by atoms with van der Waals surface area (Å²) in [6.07, 6.45) is 3.86. The molecular formula is C21H22N6O. The van der Waals surface area contributed by atoms with Crippen molar-refractivity contribution in [3.8, 4) is 11.3 Å². The van der Waals surface area contributed by atoms with Gasteiger partial charge in [0.25, 0.3) is 0 Å². The lowest BCUT2D eigenvalue weighted by atomic mass is 10.1. The van der Waals surface area contributed by atoms with Crippen LogP contribution >= 0.6 is 0 Å². The van der Waals surface area contributed by atoms with Crippen LogP contribution in [0.4, 0.5) is 5.82 Å². The molecule has 0 unspecified atom stereocenters. The van der Waals surface area contributed by atoms with Gasteiger partial charge in [0.05, 0.1) is 11.8 Å². The van der Waals surface area contributed by atoms with Crippen molar-refractivity contribution in [2.75, 3.05) is 12.4 Å². The molecule has 1 amide bonds. The molecule has 0 saturated heterocycles. The van der Waals surface area contributed by atoms with Crippen LogP contribution in [0.5, 0.6) is 0 Å². The fourth-order valence-electron chi connectivity index (χ4n) is 3.61. The van der Waals surface area contributed by atoms with E-state index in [-0.39, 0.29) is 11.8 Å². The second-order valence-corrected chi connectivity index (χ2v) is 7.40. The number of pyridine rings is 1. The number of anilines is 1. The number of fused-ring (bicyclic) bond motifs is 3. The Bertz CT molecular complexity index is 1180. The van der Waals surface area contributed by atoms with E-state index in [2.05, 4.69) is 55.9 Å². The molecule has 7 heteroatoms. The fourth-order valence-corrected chi connectivity index (χ4v) is 3.61. The summed E-state index contributed by atoms with van der Waals surface area (Å²) >= 11 is 0. The third kappa shape index (κ3) is 2.79. The second kappa shape index (κ2) is 6.37. The van der Waals surface area contributed by atoms with E-state index in [1.165, 1.54) is 0 Å². The van der Waals surface area contributed by atoms with E-state index >= 15 is 0 Å². The molecule has 0 aliphatic heterocycles. The van der Waals surface area contributed by atoms with Crippen molar-refractivity contribution in [2.45, 2.75) is 19.4 Å². The van der Waals surface area contributed by atoms with E-state index in [4.69, 9.17) is 0 Å². The maximum absolute atomic E-state index is 11.8. The van der Waals surface area contributed by atoms with Crippen molar-refractivity contribution < 1.29 is 4.79 Å². The van der Waals surface area contributed by atoms with Crippen molar-refractivity contribution >= 4 is 33.8 Å². The van der Waals surface area contributed by atoms with E-state index in [1.54, 1.807) is 0 Å². The summed E-state index contributed by atoms with van der Waals surface area (Å²) in [7, 11) is 3.85. The number of carbonyl (C=O) groups excluding carboxylic acids is 1. The third-order valence-electron chi connectivity index (χ3n) is 5.35. The summed E-state index contributed by atoms with van der Waals surface area (Å²) in [4.78, 5) is 24.4. The molecule has 3 N–H and O–H groups in total. The molecule has 1 fully saturated rings. The van der Waals surface area contributed by atoms with Crippen LogP contribution in [0.2, 0.25) is 0 Å². The van der Waals surface area contributed by atoms with Crippen molar-refractivity contribution in [3.05, 3.63) is 42.2 Å². The van der Waals surface area contributed by atoms with Gasteiger partial charge in [-0.25, -0.2) is 9.97 Å². The Morgan fingerprint density at radius 3 is 2.79 bits per heavy atom. The molecule has 3 heterocycles. The summed E-state index contributed by atoms with van der Waals surface area (Å²) in [5.41, 5.74) is 5.93. The fraction of sp³-hybridized carbons (Fsp3) is 0.286. The summed E-state index contributed by atoms with van der Waals surface area (Å²) in [5, 5.41) is 7.18. The molecule has 0 radical (unpaired) electrons. The first kappa shape index (κ1) is 16.8. The zero-order valence-electron chi connectivity index (χ0n) is 15.9. The van der Waals surface area contributed by atoms with Gasteiger partial charge in [-0.15, -0.1) is 0 Å². The number of imidazole rings is 1. The summed E-state index contributed by atoms with van der Waals surface area (Å²) < 4.78 is 2.02. The van der Waals surface area contributed by atoms with Crippen LogP contribution in [0.25, 0.3) is 33.3 Å². The Kier molecular flexibility index (Phi) is 3.82. The third-order valence-corrected chi connectivity index (χ3v) is 5.35. The van der Waals surface area contributed by atoms with Crippen molar-refractivity contribution in [3.63, 3.8) is 0 Å². The largest absolute Gasteiger partial charge is 0.371 e.